The van der Waals surface area contributed by atoms with Gasteiger partial charge in [0.1, 0.15) is 61.4 Å². The first-order valence-electron chi connectivity index (χ1n) is 41.8. The molecule has 8 aromatic heterocycles. The quantitative estimate of drug-likeness (QED) is 0.00994. The van der Waals surface area contributed by atoms with E-state index in [9.17, 15) is 61.4 Å². The zero-order chi connectivity index (χ0) is 95.6. The molecule has 0 radical (unpaired) electrons. The first-order chi connectivity index (χ1) is 62.4. The summed E-state index contributed by atoms with van der Waals surface area (Å²) in [4.78, 5) is 150. The second-order valence-electron chi connectivity index (χ2n) is 29.2. The molecule has 0 aliphatic carbocycles. The number of H-pyrrole nitrogens is 4. The summed E-state index contributed by atoms with van der Waals surface area (Å²) in [5, 5.41) is 13.6. The van der Waals surface area contributed by atoms with Crippen LogP contribution in [-0.4, -0.2) is 230 Å². The molecular formula is C77H115N25O25P4. The fourth-order valence-electron chi connectivity index (χ4n) is 12.1. The van der Waals surface area contributed by atoms with Crippen LogP contribution in [0.15, 0.2) is 99.1 Å². The van der Waals surface area contributed by atoms with Crippen LogP contribution in [-0.2, 0) is 120 Å². The van der Waals surface area contributed by atoms with Crippen LogP contribution in [0.1, 0.15) is 119 Å². The molecule has 10 aromatic rings. The molecule has 17 N–H and O–H groups in total. The van der Waals surface area contributed by atoms with Gasteiger partial charge in [-0.15, -0.1) is 0 Å². The van der Waals surface area contributed by atoms with Crippen LogP contribution in [0, 0.1) is 6.92 Å². The SMILES string of the molecule is CCCCOC(=O)C(C)NP(=O)(COCCn1cnc2c(=O)[nH]c(N)nc21)NC(C)C(=O)OCCCC.CCOC(=O)C(C)NP(=O)(COCCn1cnc2c(=O)[nH]c(N)nc21)NC(C)C(=O)OCC.CCOC(=O)C(C)NP(=O)(COCCn1cnc2c(=O)[nH]c(N)nc21)Oc1ccccc1.Cc1cccc(C2CCOP(=O)(COCCn3cnc4c(=O)[nH]c(N)nc43)O2)c1. The molecule has 11 rings (SSSR count). The number of hydrogen-bond donors (Lipinski definition) is 13. The Balaban J connectivity index is 0.000000216. The van der Waals surface area contributed by atoms with Gasteiger partial charge in [0.25, 0.3) is 22.2 Å². The third-order valence-electron chi connectivity index (χ3n) is 18.4. The van der Waals surface area contributed by atoms with E-state index in [4.69, 9.17) is 79.1 Å². The minimum atomic E-state index is -3.63. The molecule has 8 unspecified atom stereocenters. The van der Waals surface area contributed by atoms with Crippen LogP contribution in [0.5, 0.6) is 5.75 Å². The number of nitrogens with two attached hydrogens (primary N) is 4. The number of fused-ring (bicyclic) bond motifs is 4. The molecule has 718 valence electrons. The number of carbonyl (C=O) groups excluding carboxylic acids is 5. The number of carbonyl (C=O) groups is 5. The Hall–Kier alpha value is -11.3. The molecule has 1 saturated heterocycles. The fraction of sp³-hybridized carbons (Fsp3) is 0.519. The number of imidazole rings is 4. The lowest BCUT2D eigenvalue weighted by molar-refractivity contribution is -0.146. The lowest BCUT2D eigenvalue weighted by atomic mass is 10.0. The van der Waals surface area contributed by atoms with Crippen LogP contribution in [0.25, 0.3) is 44.7 Å². The highest BCUT2D eigenvalue weighted by Gasteiger charge is 2.38. The Morgan fingerprint density at radius 1 is 0.473 bits per heavy atom. The molecular weight excluding hydrogens is 1800 g/mol. The van der Waals surface area contributed by atoms with Gasteiger partial charge in [-0.3, -0.25) is 85.9 Å². The van der Waals surface area contributed by atoms with Gasteiger partial charge in [-0.1, -0.05) is 74.7 Å². The largest absolute Gasteiger partial charge is 0.465 e. The zero-order valence-corrected chi connectivity index (χ0v) is 78.0. The Morgan fingerprint density at radius 3 is 1.17 bits per heavy atom. The van der Waals surface area contributed by atoms with Crippen molar-refractivity contribution in [3.05, 3.63) is 132 Å². The topological polar surface area (TPSA) is 683 Å². The van der Waals surface area contributed by atoms with Gasteiger partial charge in [0.05, 0.1) is 97.5 Å². The Morgan fingerprint density at radius 2 is 0.817 bits per heavy atom. The van der Waals surface area contributed by atoms with E-state index in [2.05, 4.69) is 85.2 Å². The Kier molecular flexibility index (Phi) is 40.8. The summed E-state index contributed by atoms with van der Waals surface area (Å²) in [5.41, 5.74) is 24.6. The van der Waals surface area contributed by atoms with E-state index < -0.39 is 112 Å². The van der Waals surface area contributed by atoms with Crippen molar-refractivity contribution < 1.29 is 98.4 Å². The number of aromatic amines is 4. The molecule has 2 aromatic carbocycles. The number of esters is 5. The third kappa shape index (κ3) is 32.3. The molecule has 9 heterocycles. The van der Waals surface area contributed by atoms with Crippen molar-refractivity contribution in [3.8, 4) is 5.75 Å². The number of nitrogen functional groups attached to an aromatic ring is 4. The number of anilines is 4. The van der Waals surface area contributed by atoms with E-state index in [1.807, 2.05) is 45.0 Å². The highest BCUT2D eigenvalue weighted by molar-refractivity contribution is 7.60. The predicted molar refractivity (Wildman–Crippen MR) is 481 cm³/mol. The van der Waals surface area contributed by atoms with Crippen molar-refractivity contribution in [1.29, 1.82) is 0 Å². The van der Waals surface area contributed by atoms with Gasteiger partial charge in [-0.05, 0) is 92.9 Å². The highest BCUT2D eigenvalue weighted by atomic mass is 31.2. The molecule has 0 bridgehead atoms. The van der Waals surface area contributed by atoms with Gasteiger partial charge in [-0.2, -0.15) is 19.9 Å². The summed E-state index contributed by atoms with van der Waals surface area (Å²) in [6.07, 6.45) is 8.13. The van der Waals surface area contributed by atoms with E-state index in [1.54, 1.807) is 69.4 Å². The van der Waals surface area contributed by atoms with Crippen molar-refractivity contribution in [2.24, 2.45) is 0 Å². The number of benzene rings is 2. The molecule has 0 amide bonds. The number of rotatable bonds is 47. The average Bonchev–Trinajstić information content (AvgIpc) is 1.65. The normalized spacial score (nSPS) is 16.3. The zero-order valence-electron chi connectivity index (χ0n) is 74.4. The smallest absolute Gasteiger partial charge is 0.356 e. The number of ether oxygens (including phenoxy) is 9. The Bertz CT molecular complexity index is 5840. The monoisotopic (exact) mass is 1910 g/mol. The molecule has 54 heteroatoms. The number of aryl methyl sites for hydroxylation is 1. The molecule has 8 atom stereocenters. The number of nitrogens with zero attached hydrogens (tertiary/aromatic N) is 12. The van der Waals surface area contributed by atoms with Crippen LogP contribution < -0.4 is 75.1 Å². The summed E-state index contributed by atoms with van der Waals surface area (Å²) in [5.74, 6) is -2.61. The Labute approximate surface area is 750 Å². The maximum absolute atomic E-state index is 13.7. The van der Waals surface area contributed by atoms with Crippen LogP contribution in [0.4, 0.5) is 23.8 Å². The highest BCUT2D eigenvalue weighted by Crippen LogP contribution is 2.56. The second kappa shape index (κ2) is 50.9. The van der Waals surface area contributed by atoms with Crippen molar-refractivity contribution in [2.45, 2.75) is 171 Å². The number of para-hydroxylation sites is 1. The summed E-state index contributed by atoms with van der Waals surface area (Å²) in [6.45, 7) is 21.5. The van der Waals surface area contributed by atoms with Crippen molar-refractivity contribution in [3.63, 3.8) is 0 Å². The fourth-order valence-corrected chi connectivity index (χ4v) is 19.5. The summed E-state index contributed by atoms with van der Waals surface area (Å²) in [7, 11) is -14.2. The van der Waals surface area contributed by atoms with Gasteiger partial charge in [-0.25, -0.2) is 45.4 Å². The van der Waals surface area contributed by atoms with E-state index in [0.717, 1.165) is 24.0 Å². The average molecular weight is 1910 g/mol. The number of aromatic nitrogens is 16. The lowest BCUT2D eigenvalue weighted by Crippen LogP contribution is -2.43. The van der Waals surface area contributed by atoms with Crippen LogP contribution in [0.2, 0.25) is 0 Å². The van der Waals surface area contributed by atoms with E-state index in [1.165, 1.54) is 59.9 Å². The lowest BCUT2D eigenvalue weighted by Gasteiger charge is -2.30. The maximum atomic E-state index is 13.7. The van der Waals surface area contributed by atoms with Gasteiger partial charge in [0.15, 0.2) is 44.7 Å². The standard InChI is InChI=1S/C22H38N7O7P.C19H25N6O6P.C18H30N7O7P.C18H22N5O5P/c1-5-7-10-35-20(31)15(3)27-37(33,28-16(4)21(32)36-11-8-6-2)14-34-12-9-29-13-24-17-18(29)25-22(23)26-19(17)30;1-3-30-18(27)13(2)24-32(28,31-14-7-5-4-6-8-14)12-29-10-9-25-11-21-15-16(25)22-19(20)23-17(15)26;1-5-31-16(27)11(3)23-33(29,24-12(4)17(28)32-6-2)10-30-8-7-25-9-20-13-14(25)21-18(19)22-15(13)26;1-12-3-2-4-13(9-12)14-5-7-27-29(25,28-14)11-26-8-6-23-10-20-15-16(23)21-18(19)22-17(15)24/h13,15-16H,5-12,14H2,1-4H3,(H2,27,28,33)(H3,23,25,26,30);4-8,11,13H,3,9-10,12H2,1-2H3,(H,24,28)(H3,20,22,23,26);9,11-12H,5-8,10H2,1-4H3,(H2,23,24,29)(H3,19,21,22,26);2-4,9-10,14H,5-8,11H2,1H3,(H3,19,21,22,24). The molecule has 131 heavy (non-hydrogen) atoms. The number of unbranched alkanes of at least 4 members (excludes halogenated alkanes) is 2. The van der Waals surface area contributed by atoms with Crippen LogP contribution >= 0.6 is 30.0 Å². The molecule has 1 fully saturated rings. The molecule has 1 aliphatic rings. The first kappa shape index (κ1) is 105. The van der Waals surface area contributed by atoms with Crippen molar-refractivity contribution >= 4 is 128 Å². The summed E-state index contributed by atoms with van der Waals surface area (Å²) >= 11 is 0. The minimum absolute atomic E-state index is 0.0146. The molecule has 0 saturated carbocycles. The van der Waals surface area contributed by atoms with E-state index >= 15 is 0 Å². The van der Waals surface area contributed by atoms with Crippen molar-refractivity contribution in [1.82, 2.24) is 104 Å². The molecule has 50 nitrogen and oxygen atoms in total. The molecule has 0 spiro atoms. The predicted octanol–water partition coefficient (Wildman–Crippen LogP) is 5.31. The van der Waals surface area contributed by atoms with Gasteiger partial charge < -0.3 is 92.9 Å². The third-order valence-corrected chi connectivity index (χ3v) is 26.2. The number of nitrogens with one attached hydrogen (secondary N) is 9. The van der Waals surface area contributed by atoms with Gasteiger partial charge >= 0.3 is 45.0 Å². The summed E-state index contributed by atoms with van der Waals surface area (Å²) < 4.78 is 124. The number of hydrogen-bond acceptors (Lipinski definition) is 37. The summed E-state index contributed by atoms with van der Waals surface area (Å²) in [6, 6.07) is 11.9. The van der Waals surface area contributed by atoms with E-state index in [0.29, 0.717) is 49.5 Å². The van der Waals surface area contributed by atoms with Crippen LogP contribution in [0.3, 0.4) is 0 Å². The maximum Gasteiger partial charge on any atom is 0.356 e. The molecule has 1 aliphatic heterocycles. The second-order valence-corrected chi connectivity index (χ2v) is 37.7. The van der Waals surface area contributed by atoms with Gasteiger partial charge in [0, 0.05) is 32.6 Å². The first-order valence-corrected chi connectivity index (χ1v) is 49.1. The van der Waals surface area contributed by atoms with E-state index in [-0.39, 0.29) is 168 Å². The minimum Gasteiger partial charge on any atom is -0.465 e. The van der Waals surface area contributed by atoms with Crippen molar-refractivity contribution in [2.75, 3.05) is 114 Å². The van der Waals surface area contributed by atoms with Gasteiger partial charge in [0.2, 0.25) is 38.7 Å².